The number of nitrogens with two attached hydrogens (primary N) is 1. The number of nitrogens with zero attached hydrogens (tertiary/aromatic N) is 1. The van der Waals surface area contributed by atoms with E-state index in [1.54, 1.807) is 24.3 Å². The molecule has 2 rings (SSSR count). The van der Waals surface area contributed by atoms with Crippen molar-refractivity contribution < 1.29 is 9.13 Å². The molecule has 0 fully saturated rings. The molecule has 0 bridgehead atoms. The van der Waals surface area contributed by atoms with E-state index in [0.717, 1.165) is 0 Å². The summed E-state index contributed by atoms with van der Waals surface area (Å²) in [6.07, 6.45) is 0. The highest BCUT2D eigenvalue weighted by Gasteiger charge is 2.17. The maximum atomic E-state index is 12.3. The number of hydrogen-bond donors (Lipinski definition) is 1. The predicted molar refractivity (Wildman–Crippen MR) is 79.1 cm³/mol. The molecule has 0 aliphatic heterocycles. The lowest BCUT2D eigenvalue weighted by Gasteiger charge is -2.06. The fourth-order valence-corrected chi connectivity index (χ4v) is 3.18. The van der Waals surface area contributed by atoms with Gasteiger partial charge in [0.1, 0.15) is 0 Å². The fraction of sp³-hybridized carbons (Fsp3) is 0.0769. The zero-order valence-corrected chi connectivity index (χ0v) is 11.9. The third-order valence-corrected chi connectivity index (χ3v) is 4.36. The minimum atomic E-state index is -1.47. The van der Waals surface area contributed by atoms with E-state index in [1.165, 1.54) is 18.2 Å². The van der Waals surface area contributed by atoms with Crippen molar-refractivity contribution in [2.75, 3.05) is 5.73 Å². The van der Waals surface area contributed by atoms with Crippen molar-refractivity contribution >= 4 is 33.8 Å². The Morgan fingerprint density at radius 1 is 1.25 bits per heavy atom. The molecule has 2 aromatic rings. The summed E-state index contributed by atoms with van der Waals surface area (Å²) >= 11 is 5.84. The molecule has 0 spiro atoms. The Balaban J connectivity index is 2.35. The lowest BCUT2D eigenvalue weighted by Crippen LogP contribution is -2.03. The number of benzene rings is 2. The van der Waals surface area contributed by atoms with Crippen LogP contribution in [-0.2, 0) is 16.6 Å². The van der Waals surface area contributed by atoms with Gasteiger partial charge in [0.2, 0.25) is 0 Å². The standard InChI is InChI=1S/C13H11ClN2O3S/c14-10-5-6-12(16(17)18)9(7-10)8-20(19)13-4-2-1-3-11(13)15/h1-7H,8,15H2. The van der Waals surface area contributed by atoms with Gasteiger partial charge in [-0.1, -0.05) is 23.7 Å². The number of rotatable bonds is 4. The summed E-state index contributed by atoms with van der Waals surface area (Å²) in [5, 5.41) is 11.3. The molecule has 20 heavy (non-hydrogen) atoms. The topological polar surface area (TPSA) is 86.2 Å². The molecule has 104 valence electrons. The SMILES string of the molecule is Nc1ccccc1S(=O)Cc1cc(Cl)ccc1[N+](=O)[O-]. The van der Waals surface area contributed by atoms with Crippen molar-refractivity contribution in [1.29, 1.82) is 0 Å². The molecule has 0 heterocycles. The normalized spacial score (nSPS) is 12.1. The van der Waals surface area contributed by atoms with E-state index >= 15 is 0 Å². The van der Waals surface area contributed by atoms with Crippen molar-refractivity contribution in [2.24, 2.45) is 0 Å². The van der Waals surface area contributed by atoms with Crippen LogP contribution in [0.2, 0.25) is 5.02 Å². The fourth-order valence-electron chi connectivity index (χ4n) is 1.75. The molecule has 0 aromatic heterocycles. The van der Waals surface area contributed by atoms with Gasteiger partial charge in [-0.25, -0.2) is 0 Å². The third-order valence-electron chi connectivity index (χ3n) is 2.69. The van der Waals surface area contributed by atoms with E-state index in [0.29, 0.717) is 21.2 Å². The van der Waals surface area contributed by atoms with Crippen molar-refractivity contribution in [2.45, 2.75) is 10.6 Å². The van der Waals surface area contributed by atoms with E-state index in [9.17, 15) is 14.3 Å². The average molecular weight is 311 g/mol. The van der Waals surface area contributed by atoms with Crippen LogP contribution in [0.25, 0.3) is 0 Å². The third kappa shape index (κ3) is 3.15. The first kappa shape index (κ1) is 14.5. The van der Waals surface area contributed by atoms with Gasteiger partial charge < -0.3 is 5.73 Å². The lowest BCUT2D eigenvalue weighted by atomic mass is 10.2. The summed E-state index contributed by atoms with van der Waals surface area (Å²) in [7, 11) is -1.47. The van der Waals surface area contributed by atoms with Gasteiger partial charge in [-0.2, -0.15) is 0 Å². The molecule has 1 atom stereocenters. The number of nitrogen functional groups attached to an aromatic ring is 1. The molecule has 0 amide bonds. The molecule has 2 aromatic carbocycles. The van der Waals surface area contributed by atoms with Crippen molar-refractivity contribution in [3.63, 3.8) is 0 Å². The quantitative estimate of drug-likeness (QED) is 0.534. The molecule has 0 aliphatic rings. The molecule has 2 N–H and O–H groups in total. The molecule has 0 aliphatic carbocycles. The van der Waals surface area contributed by atoms with E-state index in [-0.39, 0.29) is 11.4 Å². The zero-order chi connectivity index (χ0) is 14.7. The molecule has 0 saturated heterocycles. The van der Waals surface area contributed by atoms with Gasteiger partial charge in [-0.05, 0) is 24.3 Å². The molecule has 0 saturated carbocycles. The Labute approximate surface area is 123 Å². The smallest absolute Gasteiger partial charge is 0.273 e. The Morgan fingerprint density at radius 2 is 1.95 bits per heavy atom. The monoisotopic (exact) mass is 310 g/mol. The molecule has 1 unspecified atom stereocenters. The summed E-state index contributed by atoms with van der Waals surface area (Å²) in [5.74, 6) is -0.00884. The lowest BCUT2D eigenvalue weighted by molar-refractivity contribution is -0.385. The number of anilines is 1. The number of para-hydroxylation sites is 1. The van der Waals surface area contributed by atoms with E-state index in [2.05, 4.69) is 0 Å². The molecule has 7 heteroatoms. The summed E-state index contributed by atoms with van der Waals surface area (Å²) in [6, 6.07) is 10.9. The Hall–Kier alpha value is -1.92. The van der Waals surface area contributed by atoms with Crippen LogP contribution in [0.5, 0.6) is 0 Å². The second kappa shape index (κ2) is 6.02. The van der Waals surface area contributed by atoms with Crippen LogP contribution >= 0.6 is 11.6 Å². The first-order valence-corrected chi connectivity index (χ1v) is 7.34. The second-order valence-corrected chi connectivity index (χ2v) is 5.91. The average Bonchev–Trinajstić information content (AvgIpc) is 2.38. The van der Waals surface area contributed by atoms with E-state index in [4.69, 9.17) is 17.3 Å². The van der Waals surface area contributed by atoms with Crippen LogP contribution < -0.4 is 5.73 Å². The van der Waals surface area contributed by atoms with E-state index < -0.39 is 15.7 Å². The first-order valence-electron chi connectivity index (χ1n) is 5.64. The number of nitro benzene ring substituents is 1. The molecular weight excluding hydrogens is 300 g/mol. The summed E-state index contributed by atoms with van der Waals surface area (Å²) in [5.41, 5.74) is 6.37. The van der Waals surface area contributed by atoms with Crippen LogP contribution in [-0.4, -0.2) is 9.13 Å². The van der Waals surface area contributed by atoms with Crippen molar-refractivity contribution in [3.8, 4) is 0 Å². The van der Waals surface area contributed by atoms with Gasteiger partial charge in [0.25, 0.3) is 5.69 Å². The molecule has 5 nitrogen and oxygen atoms in total. The van der Waals surface area contributed by atoms with Crippen LogP contribution in [0.4, 0.5) is 11.4 Å². The highest BCUT2D eigenvalue weighted by molar-refractivity contribution is 7.84. The highest BCUT2D eigenvalue weighted by atomic mass is 35.5. The van der Waals surface area contributed by atoms with Crippen LogP contribution in [0.1, 0.15) is 5.56 Å². The highest BCUT2D eigenvalue weighted by Crippen LogP contribution is 2.26. The summed E-state index contributed by atoms with van der Waals surface area (Å²) < 4.78 is 12.3. The van der Waals surface area contributed by atoms with Gasteiger partial charge in [-0.3, -0.25) is 14.3 Å². The van der Waals surface area contributed by atoms with Gasteiger partial charge in [0.05, 0.1) is 26.4 Å². The largest absolute Gasteiger partial charge is 0.398 e. The zero-order valence-electron chi connectivity index (χ0n) is 10.3. The number of nitro groups is 1. The minimum Gasteiger partial charge on any atom is -0.398 e. The maximum Gasteiger partial charge on any atom is 0.273 e. The van der Waals surface area contributed by atoms with Gasteiger partial charge in [0.15, 0.2) is 0 Å². The summed E-state index contributed by atoms with van der Waals surface area (Å²) in [6.45, 7) is 0. The number of hydrogen-bond acceptors (Lipinski definition) is 4. The predicted octanol–water partition coefficient (Wildman–Crippen LogP) is 3.14. The van der Waals surface area contributed by atoms with Gasteiger partial charge in [-0.15, -0.1) is 0 Å². The second-order valence-electron chi connectivity index (χ2n) is 4.06. The van der Waals surface area contributed by atoms with Crippen molar-refractivity contribution in [3.05, 3.63) is 63.2 Å². The van der Waals surface area contributed by atoms with Crippen LogP contribution in [0, 0.1) is 10.1 Å². The Morgan fingerprint density at radius 3 is 2.60 bits per heavy atom. The Bertz CT molecular complexity index is 691. The van der Waals surface area contributed by atoms with E-state index in [1.807, 2.05) is 0 Å². The minimum absolute atomic E-state index is 0.00884. The number of halogens is 1. The van der Waals surface area contributed by atoms with Crippen molar-refractivity contribution in [1.82, 2.24) is 0 Å². The first-order chi connectivity index (χ1) is 9.49. The summed E-state index contributed by atoms with van der Waals surface area (Å²) in [4.78, 5) is 10.9. The molecule has 0 radical (unpaired) electrons. The van der Waals surface area contributed by atoms with Gasteiger partial charge >= 0.3 is 0 Å². The Kier molecular flexibility index (Phi) is 4.36. The van der Waals surface area contributed by atoms with Crippen LogP contribution in [0.3, 0.4) is 0 Å². The van der Waals surface area contributed by atoms with Crippen LogP contribution in [0.15, 0.2) is 47.4 Å². The van der Waals surface area contributed by atoms with Gasteiger partial charge in [0, 0.05) is 22.3 Å². The maximum absolute atomic E-state index is 12.3. The molecular formula is C13H11ClN2O3S.